The van der Waals surface area contributed by atoms with Gasteiger partial charge >= 0.3 is 0 Å². The summed E-state index contributed by atoms with van der Waals surface area (Å²) in [5.74, 6) is 1.20. The van der Waals surface area contributed by atoms with Crippen LogP contribution < -0.4 is 14.8 Å². The Morgan fingerprint density at radius 1 is 1.13 bits per heavy atom. The van der Waals surface area contributed by atoms with Crippen LogP contribution in [-0.4, -0.2) is 20.1 Å². The van der Waals surface area contributed by atoms with Gasteiger partial charge in [-0.3, -0.25) is 4.79 Å². The van der Waals surface area contributed by atoms with Crippen LogP contribution in [0.1, 0.15) is 17.5 Å². The minimum absolute atomic E-state index is 0.102. The lowest BCUT2D eigenvalue weighted by Gasteiger charge is -2.10. The predicted molar refractivity (Wildman–Crippen MR) is 87.7 cm³/mol. The summed E-state index contributed by atoms with van der Waals surface area (Å²) in [6.45, 7) is 0. The molecule has 2 aromatic rings. The van der Waals surface area contributed by atoms with Crippen LogP contribution >= 0.6 is 0 Å². The topological polar surface area (TPSA) is 71.3 Å². The van der Waals surface area contributed by atoms with Gasteiger partial charge in [-0.05, 0) is 42.3 Å². The molecule has 118 valence electrons. The minimum atomic E-state index is -0.102. The lowest BCUT2D eigenvalue weighted by atomic mass is 10.1. The summed E-state index contributed by atoms with van der Waals surface area (Å²) in [4.78, 5) is 12.0. The summed E-state index contributed by atoms with van der Waals surface area (Å²) in [7, 11) is 3.16. The predicted octanol–water partition coefficient (Wildman–Crippen LogP) is 3.15. The van der Waals surface area contributed by atoms with E-state index in [-0.39, 0.29) is 5.91 Å². The van der Waals surface area contributed by atoms with Gasteiger partial charge in [-0.2, -0.15) is 5.26 Å². The molecule has 0 aromatic heterocycles. The molecule has 23 heavy (non-hydrogen) atoms. The molecule has 1 N–H and O–H groups in total. The summed E-state index contributed by atoms with van der Waals surface area (Å²) < 4.78 is 10.4. The molecule has 0 bridgehead atoms. The van der Waals surface area contributed by atoms with Crippen molar-refractivity contribution in [2.45, 2.75) is 12.8 Å². The van der Waals surface area contributed by atoms with Gasteiger partial charge in [0.15, 0.2) is 11.5 Å². The van der Waals surface area contributed by atoms with Crippen molar-refractivity contribution in [1.82, 2.24) is 0 Å². The number of hydrogen-bond donors (Lipinski definition) is 1. The zero-order chi connectivity index (χ0) is 16.7. The number of nitriles is 1. The molecule has 2 rings (SSSR count). The molecule has 1 amide bonds. The first-order valence-corrected chi connectivity index (χ1v) is 7.17. The Hall–Kier alpha value is -3.00. The highest BCUT2D eigenvalue weighted by Crippen LogP contribution is 2.28. The highest BCUT2D eigenvalue weighted by Gasteiger charge is 2.07. The van der Waals surface area contributed by atoms with Gasteiger partial charge in [0.1, 0.15) is 0 Å². The van der Waals surface area contributed by atoms with E-state index in [1.54, 1.807) is 38.5 Å². The van der Waals surface area contributed by atoms with Crippen LogP contribution in [0.4, 0.5) is 5.69 Å². The lowest BCUT2D eigenvalue weighted by Crippen LogP contribution is -2.12. The highest BCUT2D eigenvalue weighted by atomic mass is 16.5. The molecule has 5 heteroatoms. The quantitative estimate of drug-likeness (QED) is 0.889. The lowest BCUT2D eigenvalue weighted by molar-refractivity contribution is -0.116. The Bertz CT molecular complexity index is 735. The van der Waals surface area contributed by atoms with E-state index in [0.29, 0.717) is 35.6 Å². The maximum Gasteiger partial charge on any atom is 0.224 e. The van der Waals surface area contributed by atoms with Crippen molar-refractivity contribution in [3.63, 3.8) is 0 Å². The van der Waals surface area contributed by atoms with Crippen molar-refractivity contribution in [1.29, 1.82) is 5.26 Å². The number of nitrogens with one attached hydrogen (secondary N) is 1. The number of nitrogens with zero attached hydrogens (tertiary/aromatic N) is 1. The van der Waals surface area contributed by atoms with Crippen LogP contribution in [0.5, 0.6) is 11.5 Å². The monoisotopic (exact) mass is 310 g/mol. The summed E-state index contributed by atoms with van der Waals surface area (Å²) >= 11 is 0. The Morgan fingerprint density at radius 3 is 2.61 bits per heavy atom. The molecule has 0 heterocycles. The molecule has 0 saturated carbocycles. The maximum absolute atomic E-state index is 12.0. The second-order valence-corrected chi connectivity index (χ2v) is 4.93. The number of carbonyl (C=O) groups excluding carboxylic acids is 1. The SMILES string of the molecule is COc1ccc(CCC(=O)Nc2cccc(C#N)c2)cc1OC. The molecule has 0 aliphatic rings. The maximum atomic E-state index is 12.0. The van der Waals surface area contributed by atoms with Gasteiger partial charge in [-0.15, -0.1) is 0 Å². The Kier molecular flexibility index (Phi) is 5.59. The van der Waals surface area contributed by atoms with Crippen molar-refractivity contribution < 1.29 is 14.3 Å². The van der Waals surface area contributed by atoms with Gasteiger partial charge in [0, 0.05) is 12.1 Å². The smallest absolute Gasteiger partial charge is 0.224 e. The van der Waals surface area contributed by atoms with Crippen LogP contribution in [0.3, 0.4) is 0 Å². The first kappa shape index (κ1) is 16.4. The van der Waals surface area contributed by atoms with Gasteiger partial charge in [-0.1, -0.05) is 12.1 Å². The molecule has 0 unspecified atom stereocenters. The largest absolute Gasteiger partial charge is 0.493 e. The number of methoxy groups -OCH3 is 2. The van der Waals surface area contributed by atoms with E-state index < -0.39 is 0 Å². The number of carbonyl (C=O) groups is 1. The summed E-state index contributed by atoms with van der Waals surface area (Å²) in [5, 5.41) is 11.6. The van der Waals surface area contributed by atoms with Crippen LogP contribution in [0, 0.1) is 11.3 Å². The summed E-state index contributed by atoms with van der Waals surface area (Å²) in [6.07, 6.45) is 0.927. The minimum Gasteiger partial charge on any atom is -0.493 e. The van der Waals surface area contributed by atoms with E-state index >= 15 is 0 Å². The fraction of sp³-hybridized carbons (Fsp3) is 0.222. The standard InChI is InChI=1S/C18H18N2O3/c1-22-16-8-6-13(11-17(16)23-2)7-9-18(21)20-15-5-3-4-14(10-15)12-19/h3-6,8,10-11H,7,9H2,1-2H3,(H,20,21). The summed E-state index contributed by atoms with van der Waals surface area (Å²) in [5.41, 5.74) is 2.13. The first-order valence-electron chi connectivity index (χ1n) is 7.17. The first-order chi connectivity index (χ1) is 11.2. The van der Waals surface area contributed by atoms with Crippen LogP contribution in [0.2, 0.25) is 0 Å². The fourth-order valence-electron chi connectivity index (χ4n) is 2.18. The average molecular weight is 310 g/mol. The molecule has 0 saturated heterocycles. The average Bonchev–Trinajstić information content (AvgIpc) is 2.59. The molecule has 0 aliphatic heterocycles. The van der Waals surface area contributed by atoms with E-state index in [0.717, 1.165) is 5.56 Å². The van der Waals surface area contributed by atoms with Gasteiger partial charge in [0.05, 0.1) is 25.9 Å². The third-order valence-corrected chi connectivity index (χ3v) is 3.36. The number of amides is 1. The van der Waals surface area contributed by atoms with Gasteiger partial charge in [-0.25, -0.2) is 0 Å². The number of anilines is 1. The normalized spacial score (nSPS) is 9.78. The highest BCUT2D eigenvalue weighted by molar-refractivity contribution is 5.91. The van der Waals surface area contributed by atoms with Crippen molar-refractivity contribution in [2.75, 3.05) is 19.5 Å². The molecule has 0 atom stereocenters. The molecular weight excluding hydrogens is 292 g/mol. The Morgan fingerprint density at radius 2 is 1.91 bits per heavy atom. The van der Waals surface area contributed by atoms with E-state index in [2.05, 4.69) is 5.32 Å². The van der Waals surface area contributed by atoms with E-state index in [9.17, 15) is 4.79 Å². The molecule has 0 fully saturated rings. The zero-order valence-electron chi connectivity index (χ0n) is 13.1. The molecule has 0 spiro atoms. The number of rotatable bonds is 6. The van der Waals surface area contributed by atoms with Gasteiger partial charge in [0.25, 0.3) is 0 Å². The second-order valence-electron chi connectivity index (χ2n) is 4.93. The Labute approximate surface area is 135 Å². The number of ether oxygens (including phenoxy) is 2. The molecule has 0 radical (unpaired) electrons. The molecule has 0 aliphatic carbocycles. The third-order valence-electron chi connectivity index (χ3n) is 3.36. The van der Waals surface area contributed by atoms with Gasteiger partial charge in [0.2, 0.25) is 5.91 Å². The number of aryl methyl sites for hydroxylation is 1. The fourth-order valence-corrected chi connectivity index (χ4v) is 2.18. The van der Waals surface area contributed by atoms with Crippen LogP contribution in [-0.2, 0) is 11.2 Å². The summed E-state index contributed by atoms with van der Waals surface area (Å²) in [6, 6.07) is 14.5. The van der Waals surface area contributed by atoms with E-state index in [1.165, 1.54) is 0 Å². The van der Waals surface area contributed by atoms with Crippen molar-refractivity contribution >= 4 is 11.6 Å². The Balaban J connectivity index is 1.95. The van der Waals surface area contributed by atoms with Gasteiger partial charge < -0.3 is 14.8 Å². The van der Waals surface area contributed by atoms with Crippen molar-refractivity contribution in [3.8, 4) is 17.6 Å². The zero-order valence-corrected chi connectivity index (χ0v) is 13.1. The van der Waals surface area contributed by atoms with Crippen molar-refractivity contribution in [3.05, 3.63) is 53.6 Å². The second kappa shape index (κ2) is 7.85. The third kappa shape index (κ3) is 4.48. The molecular formula is C18H18N2O3. The number of benzene rings is 2. The number of hydrogen-bond acceptors (Lipinski definition) is 4. The van der Waals surface area contributed by atoms with E-state index in [1.807, 2.05) is 24.3 Å². The van der Waals surface area contributed by atoms with Crippen LogP contribution in [0.15, 0.2) is 42.5 Å². The van der Waals surface area contributed by atoms with Crippen LogP contribution in [0.25, 0.3) is 0 Å². The molecule has 2 aromatic carbocycles. The van der Waals surface area contributed by atoms with E-state index in [4.69, 9.17) is 14.7 Å². The van der Waals surface area contributed by atoms with Crippen molar-refractivity contribution in [2.24, 2.45) is 0 Å². The molecule has 5 nitrogen and oxygen atoms in total.